The second-order valence-electron chi connectivity index (χ2n) is 4.10. The minimum absolute atomic E-state index is 0.0196. The van der Waals surface area contributed by atoms with E-state index in [1.807, 2.05) is 0 Å². The standard InChI is InChI=1S/C11H15NO4/c1-11(2,12)7-4-6(10(15)16-3)8(13)5-9(7)14/h4-5,13-14H,12H2,1-3H3. The van der Waals surface area contributed by atoms with E-state index in [9.17, 15) is 15.0 Å². The summed E-state index contributed by atoms with van der Waals surface area (Å²) in [5.74, 6) is -1.17. The number of aromatic hydroxyl groups is 2. The summed E-state index contributed by atoms with van der Waals surface area (Å²) in [5, 5.41) is 19.1. The molecule has 0 radical (unpaired) electrons. The Labute approximate surface area is 93.5 Å². The number of carbonyl (C=O) groups is 1. The van der Waals surface area contributed by atoms with Crippen molar-refractivity contribution in [2.75, 3.05) is 7.11 Å². The lowest BCUT2D eigenvalue weighted by Gasteiger charge is -2.21. The van der Waals surface area contributed by atoms with Crippen molar-refractivity contribution in [3.8, 4) is 11.5 Å². The SMILES string of the molecule is COC(=O)c1cc(C(C)(C)N)c(O)cc1O. The smallest absolute Gasteiger partial charge is 0.341 e. The highest BCUT2D eigenvalue weighted by Gasteiger charge is 2.23. The summed E-state index contributed by atoms with van der Waals surface area (Å²) in [6, 6.07) is 2.41. The molecule has 1 aromatic rings. The molecule has 0 aliphatic heterocycles. The van der Waals surface area contributed by atoms with E-state index >= 15 is 0 Å². The van der Waals surface area contributed by atoms with E-state index < -0.39 is 11.5 Å². The van der Waals surface area contributed by atoms with E-state index in [1.54, 1.807) is 13.8 Å². The maximum atomic E-state index is 11.3. The van der Waals surface area contributed by atoms with Crippen molar-refractivity contribution in [1.82, 2.24) is 0 Å². The number of carbonyl (C=O) groups excluding carboxylic acids is 1. The Kier molecular flexibility index (Phi) is 3.09. The average molecular weight is 225 g/mol. The van der Waals surface area contributed by atoms with Crippen molar-refractivity contribution in [1.29, 1.82) is 0 Å². The Morgan fingerprint density at radius 2 is 1.88 bits per heavy atom. The predicted octanol–water partition coefficient (Wildman–Crippen LogP) is 1.08. The van der Waals surface area contributed by atoms with Crippen LogP contribution in [-0.4, -0.2) is 23.3 Å². The third-order valence-corrected chi connectivity index (χ3v) is 2.21. The lowest BCUT2D eigenvalue weighted by molar-refractivity contribution is 0.0597. The lowest BCUT2D eigenvalue weighted by Crippen LogP contribution is -2.29. The van der Waals surface area contributed by atoms with Gasteiger partial charge >= 0.3 is 5.97 Å². The molecule has 0 atom stereocenters. The second kappa shape index (κ2) is 4.02. The maximum absolute atomic E-state index is 11.3. The van der Waals surface area contributed by atoms with E-state index in [1.165, 1.54) is 13.2 Å². The molecule has 0 fully saturated rings. The molecule has 0 unspecified atom stereocenters. The zero-order valence-electron chi connectivity index (χ0n) is 9.44. The molecule has 0 amide bonds. The fourth-order valence-corrected chi connectivity index (χ4v) is 1.37. The van der Waals surface area contributed by atoms with E-state index in [-0.39, 0.29) is 17.1 Å². The first-order chi connectivity index (χ1) is 7.27. The van der Waals surface area contributed by atoms with Crippen LogP contribution < -0.4 is 5.73 Å². The van der Waals surface area contributed by atoms with Crippen LogP contribution in [0.25, 0.3) is 0 Å². The minimum Gasteiger partial charge on any atom is -0.507 e. The van der Waals surface area contributed by atoms with Crippen LogP contribution in [0.2, 0.25) is 0 Å². The van der Waals surface area contributed by atoms with Gasteiger partial charge in [0.15, 0.2) is 0 Å². The fourth-order valence-electron chi connectivity index (χ4n) is 1.37. The van der Waals surface area contributed by atoms with Crippen LogP contribution in [0.15, 0.2) is 12.1 Å². The Balaban J connectivity index is 3.39. The third-order valence-electron chi connectivity index (χ3n) is 2.21. The topological polar surface area (TPSA) is 92.8 Å². The molecule has 88 valence electrons. The van der Waals surface area contributed by atoms with Crippen molar-refractivity contribution in [3.05, 3.63) is 23.3 Å². The summed E-state index contributed by atoms with van der Waals surface area (Å²) in [4.78, 5) is 11.3. The van der Waals surface area contributed by atoms with Gasteiger partial charge in [0, 0.05) is 17.2 Å². The molecular formula is C11H15NO4. The Morgan fingerprint density at radius 1 is 1.31 bits per heavy atom. The fraction of sp³-hybridized carbons (Fsp3) is 0.364. The number of phenols is 2. The number of hydrogen-bond acceptors (Lipinski definition) is 5. The van der Waals surface area contributed by atoms with Crippen molar-refractivity contribution in [2.45, 2.75) is 19.4 Å². The number of phenolic OH excluding ortho intramolecular Hbond substituents is 2. The van der Waals surface area contributed by atoms with Crippen LogP contribution in [0, 0.1) is 0 Å². The van der Waals surface area contributed by atoms with Gasteiger partial charge in [0.05, 0.1) is 7.11 Å². The van der Waals surface area contributed by atoms with Gasteiger partial charge in [-0.15, -0.1) is 0 Å². The Hall–Kier alpha value is -1.75. The van der Waals surface area contributed by atoms with Crippen molar-refractivity contribution in [3.63, 3.8) is 0 Å². The van der Waals surface area contributed by atoms with Crippen molar-refractivity contribution in [2.24, 2.45) is 5.73 Å². The molecule has 1 aromatic carbocycles. The highest BCUT2D eigenvalue weighted by atomic mass is 16.5. The van der Waals surface area contributed by atoms with Gasteiger partial charge in [0.25, 0.3) is 0 Å². The van der Waals surface area contributed by atoms with Gasteiger partial charge in [0.2, 0.25) is 0 Å². The first kappa shape index (κ1) is 12.3. The quantitative estimate of drug-likeness (QED) is 0.655. The molecule has 0 heterocycles. The predicted molar refractivity (Wildman–Crippen MR) is 58.3 cm³/mol. The number of ether oxygens (including phenoxy) is 1. The number of nitrogens with two attached hydrogens (primary N) is 1. The number of benzene rings is 1. The lowest BCUT2D eigenvalue weighted by atomic mass is 9.92. The summed E-state index contributed by atoms with van der Waals surface area (Å²) in [5.41, 5.74) is 5.35. The monoisotopic (exact) mass is 225 g/mol. The molecule has 0 saturated carbocycles. The van der Waals surface area contributed by atoms with Gasteiger partial charge < -0.3 is 20.7 Å². The molecule has 4 N–H and O–H groups in total. The maximum Gasteiger partial charge on any atom is 0.341 e. The van der Waals surface area contributed by atoms with E-state index in [0.29, 0.717) is 5.56 Å². The number of hydrogen-bond donors (Lipinski definition) is 3. The molecule has 0 aliphatic rings. The van der Waals surface area contributed by atoms with Gasteiger partial charge in [-0.1, -0.05) is 0 Å². The van der Waals surface area contributed by atoms with Crippen LogP contribution in [0.5, 0.6) is 11.5 Å². The molecule has 0 bridgehead atoms. The largest absolute Gasteiger partial charge is 0.507 e. The number of esters is 1. The highest BCUT2D eigenvalue weighted by Crippen LogP contribution is 2.33. The summed E-state index contributed by atoms with van der Waals surface area (Å²) in [6.07, 6.45) is 0. The molecule has 0 aromatic heterocycles. The normalized spacial score (nSPS) is 11.2. The Morgan fingerprint density at radius 3 is 2.31 bits per heavy atom. The zero-order valence-corrected chi connectivity index (χ0v) is 9.44. The molecule has 5 nitrogen and oxygen atoms in total. The van der Waals surface area contributed by atoms with Crippen LogP contribution >= 0.6 is 0 Å². The van der Waals surface area contributed by atoms with Crippen LogP contribution in [0.3, 0.4) is 0 Å². The van der Waals surface area contributed by atoms with Crippen LogP contribution in [0.4, 0.5) is 0 Å². The number of rotatable bonds is 2. The molecule has 0 aliphatic carbocycles. The third kappa shape index (κ3) is 2.25. The molecule has 0 spiro atoms. The second-order valence-corrected chi connectivity index (χ2v) is 4.10. The van der Waals surface area contributed by atoms with E-state index in [4.69, 9.17) is 5.73 Å². The van der Waals surface area contributed by atoms with Gasteiger partial charge in [-0.05, 0) is 19.9 Å². The molecule has 0 saturated heterocycles. The van der Waals surface area contributed by atoms with E-state index in [0.717, 1.165) is 6.07 Å². The van der Waals surface area contributed by atoms with Gasteiger partial charge in [-0.3, -0.25) is 0 Å². The van der Waals surface area contributed by atoms with Gasteiger partial charge in [-0.25, -0.2) is 4.79 Å². The van der Waals surface area contributed by atoms with Crippen LogP contribution in [0.1, 0.15) is 29.8 Å². The van der Waals surface area contributed by atoms with Crippen molar-refractivity contribution < 1.29 is 19.7 Å². The summed E-state index contributed by atoms with van der Waals surface area (Å²) in [7, 11) is 1.21. The van der Waals surface area contributed by atoms with E-state index in [2.05, 4.69) is 4.74 Å². The zero-order chi connectivity index (χ0) is 12.5. The first-order valence-corrected chi connectivity index (χ1v) is 4.71. The first-order valence-electron chi connectivity index (χ1n) is 4.71. The Bertz CT molecular complexity index is 421. The van der Waals surface area contributed by atoms with Gasteiger partial charge in [-0.2, -0.15) is 0 Å². The van der Waals surface area contributed by atoms with Crippen molar-refractivity contribution >= 4 is 5.97 Å². The average Bonchev–Trinajstić information content (AvgIpc) is 2.14. The summed E-state index contributed by atoms with van der Waals surface area (Å²) < 4.78 is 4.50. The minimum atomic E-state index is -0.819. The summed E-state index contributed by atoms with van der Waals surface area (Å²) in [6.45, 7) is 3.36. The number of methoxy groups -OCH3 is 1. The molecule has 1 rings (SSSR count). The molecule has 16 heavy (non-hydrogen) atoms. The summed E-state index contributed by atoms with van der Waals surface area (Å²) >= 11 is 0. The van der Waals surface area contributed by atoms with Gasteiger partial charge in [0.1, 0.15) is 17.1 Å². The molecular weight excluding hydrogens is 210 g/mol. The molecule has 5 heteroatoms. The van der Waals surface area contributed by atoms with Crippen LogP contribution in [-0.2, 0) is 10.3 Å². The highest BCUT2D eigenvalue weighted by molar-refractivity contribution is 5.93.